The van der Waals surface area contributed by atoms with E-state index in [1.807, 2.05) is 6.92 Å². The van der Waals surface area contributed by atoms with E-state index in [1.54, 1.807) is 48.5 Å². The number of nitrogens with one attached hydrogen (secondary N) is 2. The van der Waals surface area contributed by atoms with Crippen LogP contribution in [0.25, 0.3) is 0 Å². The Morgan fingerprint density at radius 1 is 1.00 bits per heavy atom. The maximum absolute atomic E-state index is 12.1. The van der Waals surface area contributed by atoms with E-state index in [1.165, 1.54) is 0 Å². The van der Waals surface area contributed by atoms with Gasteiger partial charge in [0.05, 0.1) is 16.3 Å². The lowest BCUT2D eigenvalue weighted by molar-refractivity contribution is 0.601. The quantitative estimate of drug-likeness (QED) is 0.590. The standard InChI is InChI=1S/C13H15N3O2S/c1-10-5-7-13(8-6-10)19(17,18)16-12-4-2-3-11(9-12)15-14/h2-9,15-16H,14H2,1H3. The second-order valence-electron chi connectivity index (χ2n) is 4.14. The molecule has 0 heterocycles. The molecular formula is C13H15N3O2S. The molecule has 2 aromatic carbocycles. The maximum Gasteiger partial charge on any atom is 0.261 e. The number of hydrogen-bond acceptors (Lipinski definition) is 4. The molecule has 0 saturated carbocycles. The van der Waals surface area contributed by atoms with Crippen LogP contribution in [-0.4, -0.2) is 8.42 Å². The molecule has 6 heteroatoms. The summed E-state index contributed by atoms with van der Waals surface area (Å²) in [6, 6.07) is 13.4. The third-order valence-corrected chi connectivity index (χ3v) is 4.01. The van der Waals surface area contributed by atoms with Crippen molar-refractivity contribution in [2.75, 3.05) is 10.1 Å². The summed E-state index contributed by atoms with van der Waals surface area (Å²) in [5.41, 5.74) is 4.56. The highest BCUT2D eigenvalue weighted by molar-refractivity contribution is 7.92. The summed E-state index contributed by atoms with van der Waals surface area (Å²) in [5.74, 6) is 5.28. The van der Waals surface area contributed by atoms with Gasteiger partial charge in [-0.1, -0.05) is 23.8 Å². The van der Waals surface area contributed by atoms with Gasteiger partial charge in [-0.2, -0.15) is 0 Å². The summed E-state index contributed by atoms with van der Waals surface area (Å²) in [6.45, 7) is 1.90. The van der Waals surface area contributed by atoms with Gasteiger partial charge in [-0.3, -0.25) is 10.6 Å². The van der Waals surface area contributed by atoms with E-state index in [-0.39, 0.29) is 4.90 Å². The fourth-order valence-corrected chi connectivity index (χ4v) is 2.65. The number of benzene rings is 2. The van der Waals surface area contributed by atoms with Gasteiger partial charge in [0.15, 0.2) is 0 Å². The van der Waals surface area contributed by atoms with Gasteiger partial charge >= 0.3 is 0 Å². The van der Waals surface area contributed by atoms with Crippen molar-refractivity contribution in [2.24, 2.45) is 5.84 Å². The Labute approximate surface area is 112 Å². The van der Waals surface area contributed by atoms with Crippen LogP contribution in [0.5, 0.6) is 0 Å². The van der Waals surface area contributed by atoms with Crippen LogP contribution in [0, 0.1) is 6.92 Å². The SMILES string of the molecule is Cc1ccc(S(=O)(=O)Nc2cccc(NN)c2)cc1. The van der Waals surface area contributed by atoms with Crippen LogP contribution in [0.1, 0.15) is 5.56 Å². The van der Waals surface area contributed by atoms with Crippen molar-refractivity contribution in [1.82, 2.24) is 0 Å². The largest absolute Gasteiger partial charge is 0.324 e. The van der Waals surface area contributed by atoms with Crippen LogP contribution < -0.4 is 16.0 Å². The minimum Gasteiger partial charge on any atom is -0.324 e. The topological polar surface area (TPSA) is 84.2 Å². The zero-order valence-corrected chi connectivity index (χ0v) is 11.2. The molecule has 4 N–H and O–H groups in total. The highest BCUT2D eigenvalue weighted by Gasteiger charge is 2.13. The molecule has 0 bridgehead atoms. The number of anilines is 2. The van der Waals surface area contributed by atoms with Gasteiger partial charge in [0.2, 0.25) is 0 Å². The Hall–Kier alpha value is -2.05. The maximum atomic E-state index is 12.1. The smallest absolute Gasteiger partial charge is 0.261 e. The second kappa shape index (κ2) is 5.29. The van der Waals surface area contributed by atoms with Crippen LogP contribution in [0.3, 0.4) is 0 Å². The highest BCUT2D eigenvalue weighted by Crippen LogP contribution is 2.19. The van der Waals surface area contributed by atoms with Gasteiger partial charge in [0.25, 0.3) is 10.0 Å². The molecule has 0 aromatic heterocycles. The number of aryl methyl sites for hydroxylation is 1. The van der Waals surface area contributed by atoms with E-state index in [0.717, 1.165) is 5.56 Å². The van der Waals surface area contributed by atoms with Gasteiger partial charge in [-0.15, -0.1) is 0 Å². The lowest BCUT2D eigenvalue weighted by Crippen LogP contribution is -2.13. The summed E-state index contributed by atoms with van der Waals surface area (Å²) in [4.78, 5) is 0.226. The summed E-state index contributed by atoms with van der Waals surface area (Å²) < 4.78 is 26.8. The molecular weight excluding hydrogens is 262 g/mol. The monoisotopic (exact) mass is 277 g/mol. The summed E-state index contributed by atoms with van der Waals surface area (Å²) >= 11 is 0. The van der Waals surface area contributed by atoms with Crippen LogP contribution in [0.15, 0.2) is 53.4 Å². The van der Waals surface area contributed by atoms with Gasteiger partial charge in [0, 0.05) is 0 Å². The molecule has 2 aromatic rings. The van der Waals surface area contributed by atoms with Gasteiger partial charge in [-0.05, 0) is 37.3 Å². The van der Waals surface area contributed by atoms with E-state index in [2.05, 4.69) is 10.1 Å². The highest BCUT2D eigenvalue weighted by atomic mass is 32.2. The number of nitrogens with two attached hydrogens (primary N) is 1. The fraction of sp³-hybridized carbons (Fsp3) is 0.0769. The Bertz CT molecular complexity index is 667. The molecule has 0 aliphatic rings. The molecule has 0 radical (unpaired) electrons. The first-order valence-electron chi connectivity index (χ1n) is 5.67. The summed E-state index contributed by atoms with van der Waals surface area (Å²) in [7, 11) is -3.57. The van der Waals surface area contributed by atoms with Crippen molar-refractivity contribution in [3.63, 3.8) is 0 Å². The van der Waals surface area contributed by atoms with Gasteiger partial charge < -0.3 is 5.43 Å². The molecule has 5 nitrogen and oxygen atoms in total. The number of hydrazine groups is 1. The Balaban J connectivity index is 2.28. The molecule has 0 unspecified atom stereocenters. The Kier molecular flexibility index (Phi) is 3.73. The third kappa shape index (κ3) is 3.24. The minimum atomic E-state index is -3.57. The zero-order valence-electron chi connectivity index (χ0n) is 10.4. The van der Waals surface area contributed by atoms with Crippen LogP contribution in [0.2, 0.25) is 0 Å². The molecule has 0 amide bonds. The third-order valence-electron chi connectivity index (χ3n) is 2.61. The minimum absolute atomic E-state index is 0.226. The second-order valence-corrected chi connectivity index (χ2v) is 5.83. The van der Waals surface area contributed by atoms with E-state index in [0.29, 0.717) is 11.4 Å². The summed E-state index contributed by atoms with van der Waals surface area (Å²) in [6.07, 6.45) is 0. The lowest BCUT2D eigenvalue weighted by atomic mass is 10.2. The average Bonchev–Trinajstić information content (AvgIpc) is 2.39. The van der Waals surface area contributed by atoms with E-state index < -0.39 is 10.0 Å². The molecule has 0 fully saturated rings. The molecule has 2 rings (SSSR count). The lowest BCUT2D eigenvalue weighted by Gasteiger charge is -2.09. The Morgan fingerprint density at radius 2 is 1.63 bits per heavy atom. The summed E-state index contributed by atoms with van der Waals surface area (Å²) in [5, 5.41) is 0. The van der Waals surface area contributed by atoms with Crippen LogP contribution >= 0.6 is 0 Å². The first kappa shape index (κ1) is 13.4. The van der Waals surface area contributed by atoms with Crippen molar-refractivity contribution in [1.29, 1.82) is 0 Å². The predicted octanol–water partition coefficient (Wildman–Crippen LogP) is 2.08. The number of rotatable bonds is 4. The molecule has 0 saturated heterocycles. The van der Waals surface area contributed by atoms with Crippen molar-refractivity contribution in [3.8, 4) is 0 Å². The van der Waals surface area contributed by atoms with E-state index >= 15 is 0 Å². The Morgan fingerprint density at radius 3 is 2.26 bits per heavy atom. The first-order chi connectivity index (χ1) is 9.01. The van der Waals surface area contributed by atoms with Crippen molar-refractivity contribution < 1.29 is 8.42 Å². The molecule has 0 aliphatic heterocycles. The van der Waals surface area contributed by atoms with Crippen LogP contribution in [-0.2, 0) is 10.0 Å². The number of hydrogen-bond donors (Lipinski definition) is 3. The predicted molar refractivity (Wildman–Crippen MR) is 76.2 cm³/mol. The normalized spacial score (nSPS) is 11.1. The van der Waals surface area contributed by atoms with Gasteiger partial charge in [0.1, 0.15) is 0 Å². The first-order valence-corrected chi connectivity index (χ1v) is 7.16. The fourth-order valence-electron chi connectivity index (χ4n) is 1.60. The molecule has 0 atom stereocenters. The molecule has 0 spiro atoms. The van der Waals surface area contributed by atoms with E-state index in [9.17, 15) is 8.42 Å². The average molecular weight is 277 g/mol. The van der Waals surface area contributed by atoms with E-state index in [4.69, 9.17) is 5.84 Å². The van der Waals surface area contributed by atoms with Crippen molar-refractivity contribution >= 4 is 21.4 Å². The number of nitrogen functional groups attached to an aromatic ring is 1. The molecule has 0 aliphatic carbocycles. The number of sulfonamides is 1. The molecule has 19 heavy (non-hydrogen) atoms. The van der Waals surface area contributed by atoms with Crippen molar-refractivity contribution in [2.45, 2.75) is 11.8 Å². The van der Waals surface area contributed by atoms with Crippen LogP contribution in [0.4, 0.5) is 11.4 Å². The zero-order chi connectivity index (χ0) is 13.9. The molecule has 100 valence electrons. The van der Waals surface area contributed by atoms with Gasteiger partial charge in [-0.25, -0.2) is 8.42 Å². The van der Waals surface area contributed by atoms with Crippen molar-refractivity contribution in [3.05, 3.63) is 54.1 Å².